The molecule has 0 radical (unpaired) electrons. The van der Waals surface area contributed by atoms with Crippen molar-refractivity contribution in [2.75, 3.05) is 11.1 Å². The fourth-order valence-corrected chi connectivity index (χ4v) is 2.08. The number of benzene rings is 1. The van der Waals surface area contributed by atoms with E-state index < -0.39 is 0 Å². The van der Waals surface area contributed by atoms with E-state index >= 15 is 0 Å². The van der Waals surface area contributed by atoms with Crippen molar-refractivity contribution >= 4 is 17.3 Å². The zero-order chi connectivity index (χ0) is 15.4. The summed E-state index contributed by atoms with van der Waals surface area (Å²) in [4.78, 5) is 8.48. The summed E-state index contributed by atoms with van der Waals surface area (Å²) in [6.07, 6.45) is 3.42. The first-order chi connectivity index (χ1) is 10.8. The van der Waals surface area contributed by atoms with Gasteiger partial charge in [-0.15, -0.1) is 0 Å². The van der Waals surface area contributed by atoms with Crippen LogP contribution in [0.4, 0.5) is 17.3 Å². The number of aromatic nitrogens is 2. The first-order valence-corrected chi connectivity index (χ1v) is 6.70. The summed E-state index contributed by atoms with van der Waals surface area (Å²) in [6.45, 7) is 0. The summed E-state index contributed by atoms with van der Waals surface area (Å²) in [7, 11) is 0. The molecule has 0 saturated carbocycles. The predicted molar refractivity (Wildman–Crippen MR) is 86.3 cm³/mol. The predicted octanol–water partition coefficient (Wildman–Crippen LogP) is 3.34. The number of rotatable bonds is 3. The van der Waals surface area contributed by atoms with Crippen molar-refractivity contribution < 1.29 is 0 Å². The van der Waals surface area contributed by atoms with Gasteiger partial charge in [-0.1, -0.05) is 12.1 Å². The number of nitrogens with zero attached hydrogens (tertiary/aromatic N) is 3. The molecule has 0 aliphatic heterocycles. The number of hydrogen-bond donors (Lipinski definition) is 2. The van der Waals surface area contributed by atoms with Crippen molar-refractivity contribution in [3.63, 3.8) is 0 Å². The van der Waals surface area contributed by atoms with Crippen LogP contribution in [0.1, 0.15) is 5.56 Å². The zero-order valence-electron chi connectivity index (χ0n) is 11.7. The van der Waals surface area contributed by atoms with Gasteiger partial charge in [0.15, 0.2) is 0 Å². The van der Waals surface area contributed by atoms with Crippen molar-refractivity contribution in [3.05, 3.63) is 66.5 Å². The minimum atomic E-state index is 0.466. The van der Waals surface area contributed by atoms with Crippen LogP contribution in [0.25, 0.3) is 11.1 Å². The Balaban J connectivity index is 1.93. The van der Waals surface area contributed by atoms with Gasteiger partial charge in [-0.05, 0) is 47.5 Å². The Bertz CT molecular complexity index is 837. The van der Waals surface area contributed by atoms with Crippen LogP contribution in [0.5, 0.6) is 0 Å². The summed E-state index contributed by atoms with van der Waals surface area (Å²) in [5, 5.41) is 12.2. The van der Waals surface area contributed by atoms with E-state index in [2.05, 4.69) is 21.4 Å². The molecule has 3 aromatic rings. The Morgan fingerprint density at radius 3 is 2.50 bits per heavy atom. The Labute approximate surface area is 128 Å². The summed E-state index contributed by atoms with van der Waals surface area (Å²) >= 11 is 0. The summed E-state index contributed by atoms with van der Waals surface area (Å²) in [5.41, 5.74) is 8.56. The molecule has 0 amide bonds. The largest absolute Gasteiger partial charge is 0.398 e. The summed E-state index contributed by atoms with van der Waals surface area (Å²) in [6, 6.07) is 16.9. The average molecular weight is 287 g/mol. The minimum absolute atomic E-state index is 0.466. The van der Waals surface area contributed by atoms with Crippen LogP contribution in [0.15, 0.2) is 60.9 Å². The van der Waals surface area contributed by atoms with Gasteiger partial charge in [0.25, 0.3) is 0 Å². The van der Waals surface area contributed by atoms with Gasteiger partial charge >= 0.3 is 0 Å². The van der Waals surface area contributed by atoms with E-state index in [1.165, 1.54) is 0 Å². The van der Waals surface area contributed by atoms with Crippen LogP contribution >= 0.6 is 0 Å². The lowest BCUT2D eigenvalue weighted by atomic mass is 10.0. The highest BCUT2D eigenvalue weighted by Crippen LogP contribution is 2.25. The van der Waals surface area contributed by atoms with E-state index in [4.69, 9.17) is 11.0 Å². The monoisotopic (exact) mass is 287 g/mol. The molecule has 0 unspecified atom stereocenters. The summed E-state index contributed by atoms with van der Waals surface area (Å²) < 4.78 is 0. The molecular weight excluding hydrogens is 274 g/mol. The quantitative estimate of drug-likeness (QED) is 0.721. The zero-order valence-corrected chi connectivity index (χ0v) is 11.7. The minimum Gasteiger partial charge on any atom is -0.398 e. The fraction of sp³-hybridized carbons (Fsp3) is 0. The third-order valence-corrected chi connectivity index (χ3v) is 3.19. The SMILES string of the molecule is N#Cc1cc(-c2ccnc(Nc3ccccn3)c2)ccc1N. The Kier molecular flexibility index (Phi) is 3.67. The molecule has 2 aromatic heterocycles. The number of anilines is 3. The van der Waals surface area contributed by atoms with E-state index in [1.807, 2.05) is 36.4 Å². The first-order valence-electron chi connectivity index (χ1n) is 6.70. The van der Waals surface area contributed by atoms with Gasteiger partial charge in [0.1, 0.15) is 17.7 Å². The highest BCUT2D eigenvalue weighted by molar-refractivity contribution is 5.72. The molecule has 5 nitrogen and oxygen atoms in total. The smallest absolute Gasteiger partial charge is 0.132 e. The molecule has 1 aromatic carbocycles. The number of pyridine rings is 2. The van der Waals surface area contributed by atoms with E-state index in [9.17, 15) is 0 Å². The number of nitriles is 1. The maximum absolute atomic E-state index is 9.08. The maximum Gasteiger partial charge on any atom is 0.132 e. The normalized spacial score (nSPS) is 9.95. The third kappa shape index (κ3) is 2.86. The number of nitrogen functional groups attached to an aromatic ring is 1. The molecule has 0 atom stereocenters. The Morgan fingerprint density at radius 1 is 0.909 bits per heavy atom. The maximum atomic E-state index is 9.08. The van der Waals surface area contributed by atoms with Crippen LogP contribution in [0, 0.1) is 11.3 Å². The highest BCUT2D eigenvalue weighted by atomic mass is 15.0. The van der Waals surface area contributed by atoms with Crippen molar-refractivity contribution in [1.29, 1.82) is 5.26 Å². The van der Waals surface area contributed by atoms with E-state index in [1.54, 1.807) is 24.5 Å². The van der Waals surface area contributed by atoms with Gasteiger partial charge < -0.3 is 11.1 Å². The van der Waals surface area contributed by atoms with Crippen LogP contribution in [-0.2, 0) is 0 Å². The molecule has 106 valence electrons. The van der Waals surface area contributed by atoms with Gasteiger partial charge in [-0.2, -0.15) is 5.26 Å². The van der Waals surface area contributed by atoms with Crippen molar-refractivity contribution in [3.8, 4) is 17.2 Å². The molecular formula is C17H13N5. The Hall–Kier alpha value is -3.39. The van der Waals surface area contributed by atoms with Crippen LogP contribution in [-0.4, -0.2) is 9.97 Å². The topological polar surface area (TPSA) is 87.6 Å². The lowest BCUT2D eigenvalue weighted by Crippen LogP contribution is -1.96. The van der Waals surface area contributed by atoms with Gasteiger partial charge in [0.2, 0.25) is 0 Å². The average Bonchev–Trinajstić information content (AvgIpc) is 2.56. The molecule has 0 aliphatic rings. The molecule has 3 rings (SSSR count). The van der Waals surface area contributed by atoms with E-state index in [0.29, 0.717) is 17.1 Å². The molecule has 0 aliphatic carbocycles. The molecule has 2 heterocycles. The second kappa shape index (κ2) is 5.94. The number of nitrogens with one attached hydrogen (secondary N) is 1. The van der Waals surface area contributed by atoms with Crippen molar-refractivity contribution in [2.45, 2.75) is 0 Å². The lowest BCUT2D eigenvalue weighted by molar-refractivity contribution is 1.25. The van der Waals surface area contributed by atoms with Crippen LogP contribution in [0.2, 0.25) is 0 Å². The molecule has 0 spiro atoms. The van der Waals surface area contributed by atoms with E-state index in [-0.39, 0.29) is 0 Å². The lowest BCUT2D eigenvalue weighted by Gasteiger charge is -2.08. The third-order valence-electron chi connectivity index (χ3n) is 3.19. The number of nitrogens with two attached hydrogens (primary N) is 1. The molecule has 3 N–H and O–H groups in total. The molecule has 22 heavy (non-hydrogen) atoms. The van der Waals surface area contributed by atoms with Crippen molar-refractivity contribution in [1.82, 2.24) is 9.97 Å². The fourth-order valence-electron chi connectivity index (χ4n) is 2.08. The second-order valence-electron chi connectivity index (χ2n) is 4.68. The van der Waals surface area contributed by atoms with E-state index in [0.717, 1.165) is 16.9 Å². The van der Waals surface area contributed by atoms with Gasteiger partial charge in [0, 0.05) is 18.1 Å². The van der Waals surface area contributed by atoms with Gasteiger partial charge in [-0.3, -0.25) is 0 Å². The van der Waals surface area contributed by atoms with Crippen molar-refractivity contribution in [2.24, 2.45) is 0 Å². The molecule has 0 fully saturated rings. The number of hydrogen-bond acceptors (Lipinski definition) is 5. The molecule has 5 heteroatoms. The Morgan fingerprint density at radius 2 is 1.73 bits per heavy atom. The van der Waals surface area contributed by atoms with Crippen LogP contribution < -0.4 is 11.1 Å². The standard InChI is InChI=1S/C17H13N5/c18-11-14-9-12(4-5-15(14)19)13-6-8-21-17(10-13)22-16-3-1-2-7-20-16/h1-10H,19H2,(H,20,21,22). The van der Waals surface area contributed by atoms with Crippen LogP contribution in [0.3, 0.4) is 0 Å². The molecule has 0 bridgehead atoms. The summed E-state index contributed by atoms with van der Waals surface area (Å²) in [5.74, 6) is 1.41. The first kappa shape index (κ1) is 13.6. The highest BCUT2D eigenvalue weighted by Gasteiger charge is 2.05. The van der Waals surface area contributed by atoms with Gasteiger partial charge in [0.05, 0.1) is 5.56 Å². The molecule has 0 saturated heterocycles. The van der Waals surface area contributed by atoms with Gasteiger partial charge in [-0.25, -0.2) is 9.97 Å². The second-order valence-corrected chi connectivity index (χ2v) is 4.68.